The first-order chi connectivity index (χ1) is 14.0. The van der Waals surface area contributed by atoms with E-state index < -0.39 is 6.04 Å². The van der Waals surface area contributed by atoms with E-state index in [0.717, 1.165) is 11.3 Å². The molecule has 1 heterocycles. The van der Waals surface area contributed by atoms with Gasteiger partial charge in [-0.25, -0.2) is 0 Å². The quantitative estimate of drug-likeness (QED) is 0.632. The second kappa shape index (κ2) is 9.82. The summed E-state index contributed by atoms with van der Waals surface area (Å²) in [7, 11) is 3.33. The van der Waals surface area contributed by atoms with E-state index in [2.05, 4.69) is 10.6 Å². The second-order valence-electron chi connectivity index (χ2n) is 8.78. The molecule has 8 heteroatoms. The molecule has 3 amide bonds. The first-order valence-corrected chi connectivity index (χ1v) is 10.1. The van der Waals surface area contributed by atoms with Gasteiger partial charge in [-0.05, 0) is 42.0 Å². The lowest BCUT2D eigenvalue weighted by atomic mass is 9.92. The lowest BCUT2D eigenvalue weighted by molar-refractivity contribution is -0.135. The second-order valence-corrected chi connectivity index (χ2v) is 8.78. The van der Waals surface area contributed by atoms with Gasteiger partial charge in [0.25, 0.3) is 5.91 Å². The molecule has 1 fully saturated rings. The van der Waals surface area contributed by atoms with Gasteiger partial charge in [0.1, 0.15) is 17.5 Å². The maximum absolute atomic E-state index is 12.6. The van der Waals surface area contributed by atoms with Crippen molar-refractivity contribution in [1.82, 2.24) is 15.5 Å². The summed E-state index contributed by atoms with van der Waals surface area (Å²) in [4.78, 5) is 38.0. The third-order valence-corrected chi connectivity index (χ3v) is 5.20. The van der Waals surface area contributed by atoms with Crippen molar-refractivity contribution in [3.63, 3.8) is 0 Å². The molecular weight excluding hydrogens is 386 g/mol. The zero-order chi connectivity index (χ0) is 22.5. The summed E-state index contributed by atoms with van der Waals surface area (Å²) in [5, 5.41) is 5.60. The van der Waals surface area contributed by atoms with Gasteiger partial charge in [0.15, 0.2) is 6.61 Å². The fraction of sp³-hybridized carbons (Fsp3) is 0.591. The van der Waals surface area contributed by atoms with Crippen molar-refractivity contribution in [3.05, 3.63) is 23.8 Å². The molecular formula is C22H33N3O5. The fourth-order valence-electron chi connectivity index (χ4n) is 3.58. The summed E-state index contributed by atoms with van der Waals surface area (Å²) in [5.74, 6) is 0.912. The molecule has 0 aromatic heterocycles. The third kappa shape index (κ3) is 6.37. The molecule has 0 radical (unpaired) electrons. The van der Waals surface area contributed by atoms with Gasteiger partial charge in [-0.3, -0.25) is 14.4 Å². The number of nitrogens with one attached hydrogen (secondary N) is 2. The van der Waals surface area contributed by atoms with Gasteiger partial charge in [0.05, 0.1) is 7.11 Å². The van der Waals surface area contributed by atoms with Gasteiger partial charge in [0.2, 0.25) is 11.8 Å². The number of ether oxygens (including phenoxy) is 2. The molecule has 0 spiro atoms. The maximum Gasteiger partial charge on any atom is 0.257 e. The molecule has 30 heavy (non-hydrogen) atoms. The summed E-state index contributed by atoms with van der Waals surface area (Å²) in [5.41, 5.74) is 0.583. The number of carbonyl (C=O) groups is 3. The Morgan fingerprint density at radius 3 is 2.60 bits per heavy atom. The van der Waals surface area contributed by atoms with Crippen molar-refractivity contribution in [3.8, 4) is 11.5 Å². The Bertz CT molecular complexity index is 793. The summed E-state index contributed by atoms with van der Waals surface area (Å²) in [6, 6.07) is 4.90. The summed E-state index contributed by atoms with van der Waals surface area (Å²) >= 11 is 0. The van der Waals surface area contributed by atoms with Gasteiger partial charge in [-0.1, -0.05) is 20.8 Å². The first-order valence-electron chi connectivity index (χ1n) is 10.1. The molecule has 1 aromatic carbocycles. The molecule has 0 saturated carbocycles. The minimum Gasteiger partial charge on any atom is -0.496 e. The summed E-state index contributed by atoms with van der Waals surface area (Å²) < 4.78 is 10.8. The number of aryl methyl sites for hydroxylation is 1. The van der Waals surface area contributed by atoms with Crippen LogP contribution in [0.25, 0.3) is 0 Å². The highest BCUT2D eigenvalue weighted by Crippen LogP contribution is 2.23. The predicted molar refractivity (Wildman–Crippen MR) is 113 cm³/mol. The molecule has 2 rings (SSSR count). The first kappa shape index (κ1) is 23.5. The van der Waals surface area contributed by atoms with Crippen molar-refractivity contribution in [2.75, 3.05) is 33.9 Å². The molecule has 1 saturated heterocycles. The number of amides is 3. The zero-order valence-electron chi connectivity index (χ0n) is 18.7. The monoisotopic (exact) mass is 419 g/mol. The van der Waals surface area contributed by atoms with E-state index in [1.807, 2.05) is 33.8 Å². The number of hydrogen-bond acceptors (Lipinski definition) is 5. The van der Waals surface area contributed by atoms with Crippen LogP contribution in [0.15, 0.2) is 18.2 Å². The number of likely N-dealkylation sites (N-methyl/N-ethyl adjacent to an activating group) is 1. The molecule has 2 atom stereocenters. The van der Waals surface area contributed by atoms with Gasteiger partial charge < -0.3 is 25.0 Å². The highest BCUT2D eigenvalue weighted by Gasteiger charge is 2.37. The molecule has 166 valence electrons. The van der Waals surface area contributed by atoms with Crippen LogP contribution in [0.4, 0.5) is 0 Å². The Labute approximate surface area is 178 Å². The standard InChI is InChI=1S/C22H33N3O5/c1-14-9-16(7-8-17(14)29-6)30-11-19(27)23-12-22(3,4)13-25(5)21(28)20-15(2)10-18(26)24-20/h7-9,15,20H,10-13H2,1-6H3,(H,23,27)(H,24,26). The molecule has 0 bridgehead atoms. The molecule has 2 N–H and O–H groups in total. The van der Waals surface area contributed by atoms with Crippen molar-refractivity contribution >= 4 is 17.7 Å². The van der Waals surface area contributed by atoms with E-state index >= 15 is 0 Å². The Balaban J connectivity index is 1.79. The summed E-state index contributed by atoms with van der Waals surface area (Å²) in [6.07, 6.45) is 0.372. The van der Waals surface area contributed by atoms with Crippen LogP contribution in [0.3, 0.4) is 0 Å². The van der Waals surface area contributed by atoms with Crippen molar-refractivity contribution in [2.24, 2.45) is 11.3 Å². The van der Waals surface area contributed by atoms with E-state index in [1.165, 1.54) is 0 Å². The Morgan fingerprint density at radius 2 is 2.03 bits per heavy atom. The average Bonchev–Trinajstić information content (AvgIpc) is 3.02. The van der Waals surface area contributed by atoms with Crippen LogP contribution in [-0.4, -0.2) is 62.5 Å². The van der Waals surface area contributed by atoms with Crippen LogP contribution in [-0.2, 0) is 14.4 Å². The zero-order valence-corrected chi connectivity index (χ0v) is 18.7. The molecule has 0 aliphatic carbocycles. The molecule has 1 aliphatic heterocycles. The number of nitrogens with zero attached hydrogens (tertiary/aromatic N) is 1. The van der Waals surface area contributed by atoms with Crippen molar-refractivity contribution in [2.45, 2.75) is 40.2 Å². The van der Waals surface area contributed by atoms with E-state index in [1.54, 1.807) is 31.2 Å². The van der Waals surface area contributed by atoms with Crippen LogP contribution in [0.5, 0.6) is 11.5 Å². The lowest BCUT2D eigenvalue weighted by Gasteiger charge is -2.32. The Hall–Kier alpha value is -2.77. The molecule has 1 aliphatic rings. The van der Waals surface area contributed by atoms with E-state index in [-0.39, 0.29) is 35.7 Å². The molecule has 1 aromatic rings. The van der Waals surface area contributed by atoms with Crippen molar-refractivity contribution < 1.29 is 23.9 Å². The fourth-order valence-corrected chi connectivity index (χ4v) is 3.58. The predicted octanol–water partition coefficient (Wildman–Crippen LogP) is 1.51. The van der Waals surface area contributed by atoms with Gasteiger partial charge >= 0.3 is 0 Å². The van der Waals surface area contributed by atoms with Crippen LogP contribution in [0.1, 0.15) is 32.8 Å². The Morgan fingerprint density at radius 1 is 1.33 bits per heavy atom. The minimum atomic E-state index is -0.478. The van der Waals surface area contributed by atoms with E-state index in [9.17, 15) is 14.4 Å². The number of methoxy groups -OCH3 is 1. The molecule has 2 unspecified atom stereocenters. The van der Waals surface area contributed by atoms with Crippen LogP contribution in [0, 0.1) is 18.3 Å². The topological polar surface area (TPSA) is 97.0 Å². The van der Waals surface area contributed by atoms with Crippen molar-refractivity contribution in [1.29, 1.82) is 0 Å². The largest absolute Gasteiger partial charge is 0.496 e. The summed E-state index contributed by atoms with van der Waals surface area (Å²) in [6.45, 7) is 8.49. The van der Waals surface area contributed by atoms with Gasteiger partial charge in [-0.2, -0.15) is 0 Å². The van der Waals surface area contributed by atoms with Crippen LogP contribution >= 0.6 is 0 Å². The van der Waals surface area contributed by atoms with Crippen LogP contribution < -0.4 is 20.1 Å². The van der Waals surface area contributed by atoms with Gasteiger partial charge in [0, 0.05) is 26.6 Å². The Kier molecular flexibility index (Phi) is 7.70. The third-order valence-electron chi connectivity index (χ3n) is 5.20. The smallest absolute Gasteiger partial charge is 0.257 e. The average molecular weight is 420 g/mol. The number of benzene rings is 1. The maximum atomic E-state index is 12.6. The number of rotatable bonds is 9. The SMILES string of the molecule is COc1ccc(OCC(=O)NCC(C)(C)CN(C)C(=O)C2NC(=O)CC2C)cc1C. The normalized spacial score (nSPS) is 18.5. The van der Waals surface area contributed by atoms with E-state index in [4.69, 9.17) is 9.47 Å². The lowest BCUT2D eigenvalue weighted by Crippen LogP contribution is -2.49. The number of carbonyl (C=O) groups excluding carboxylic acids is 3. The van der Waals surface area contributed by atoms with Gasteiger partial charge in [-0.15, -0.1) is 0 Å². The molecule has 8 nitrogen and oxygen atoms in total. The van der Waals surface area contributed by atoms with E-state index in [0.29, 0.717) is 25.3 Å². The minimum absolute atomic E-state index is 0.0194. The van der Waals surface area contributed by atoms with Crippen LogP contribution in [0.2, 0.25) is 0 Å². The highest BCUT2D eigenvalue weighted by atomic mass is 16.5. The number of hydrogen-bond donors (Lipinski definition) is 2. The highest BCUT2D eigenvalue weighted by molar-refractivity contribution is 5.91.